The fraction of sp³-hybridized carbons (Fsp3) is 0.900. The van der Waals surface area contributed by atoms with E-state index in [2.05, 4.69) is 22.9 Å². The van der Waals surface area contributed by atoms with Crippen molar-refractivity contribution >= 4 is 23.7 Å². The van der Waals surface area contributed by atoms with Crippen LogP contribution in [0.4, 0.5) is 4.79 Å². The average molecular weight is 465 g/mol. The minimum absolute atomic E-state index is 0.00491. The molecule has 0 aromatic carbocycles. The van der Waals surface area contributed by atoms with E-state index < -0.39 is 0 Å². The van der Waals surface area contributed by atoms with Gasteiger partial charge in [-0.15, -0.1) is 0 Å². The van der Waals surface area contributed by atoms with Crippen molar-refractivity contribution in [1.29, 1.82) is 0 Å². The van der Waals surface area contributed by atoms with Gasteiger partial charge in [0, 0.05) is 31.1 Å². The smallest absolute Gasteiger partial charge is 0.315 e. The molecule has 2 aliphatic rings. The maximum absolute atomic E-state index is 11.3. The van der Waals surface area contributed by atoms with Gasteiger partial charge < -0.3 is 40.6 Å². The highest BCUT2D eigenvalue weighted by Crippen LogP contribution is 2.20. The molecule has 11 heteroatoms. The molecule has 182 valence electrons. The summed E-state index contributed by atoms with van der Waals surface area (Å²) in [7, 11) is 0. The summed E-state index contributed by atoms with van der Waals surface area (Å²) in [5.74, 6) is 2.16. The Morgan fingerprint density at radius 3 is 2.00 bits per heavy atom. The van der Waals surface area contributed by atoms with E-state index in [1.54, 1.807) is 0 Å². The van der Waals surface area contributed by atoms with E-state index in [4.69, 9.17) is 24.7 Å². The molecule has 0 aliphatic carbocycles. The van der Waals surface area contributed by atoms with Gasteiger partial charge in [0.25, 0.3) is 0 Å². The number of urea groups is 1. The van der Waals surface area contributed by atoms with Gasteiger partial charge in [-0.1, -0.05) is 6.92 Å². The van der Waals surface area contributed by atoms with Crippen molar-refractivity contribution in [3.05, 3.63) is 0 Å². The van der Waals surface area contributed by atoms with Crippen molar-refractivity contribution in [2.75, 3.05) is 77.5 Å². The molecule has 2 aliphatic heterocycles. The normalized spacial score (nSPS) is 19.2. The number of carbonyl (C=O) groups excluding carboxylic acids is 2. The van der Waals surface area contributed by atoms with Crippen molar-refractivity contribution in [2.45, 2.75) is 38.3 Å². The molecule has 0 bridgehead atoms. The lowest BCUT2D eigenvalue weighted by Gasteiger charge is -2.08. The summed E-state index contributed by atoms with van der Waals surface area (Å²) in [6.45, 7) is 7.79. The monoisotopic (exact) mass is 464 g/mol. The van der Waals surface area contributed by atoms with E-state index in [-0.39, 0.29) is 11.9 Å². The molecule has 0 aromatic rings. The molecule has 2 unspecified atom stereocenters. The molecule has 2 atom stereocenters. The molecule has 10 nitrogen and oxygen atoms in total. The molecule has 3 amide bonds. The first-order valence-electron chi connectivity index (χ1n) is 11.1. The number of hydrogen-bond acceptors (Lipinski definition) is 8. The Morgan fingerprint density at radius 2 is 1.48 bits per heavy atom. The second kappa shape index (κ2) is 19.6. The van der Waals surface area contributed by atoms with Gasteiger partial charge in [-0.2, -0.15) is 11.8 Å². The predicted octanol–water partition coefficient (Wildman–Crippen LogP) is 0.101. The second-order valence-corrected chi connectivity index (χ2v) is 8.13. The van der Waals surface area contributed by atoms with Gasteiger partial charge in [0.15, 0.2) is 0 Å². The number of carbonyl (C=O) groups is 2. The Bertz CT molecular complexity index is 461. The zero-order valence-electron chi connectivity index (χ0n) is 18.7. The van der Waals surface area contributed by atoms with Crippen LogP contribution in [0.3, 0.4) is 0 Å². The maximum atomic E-state index is 11.3. The summed E-state index contributed by atoms with van der Waals surface area (Å²) < 4.78 is 21.3. The number of fused-ring (bicyclic) bond motifs is 1. The molecular weight excluding hydrogens is 424 g/mol. The first kappa shape index (κ1) is 27.9. The van der Waals surface area contributed by atoms with Crippen LogP contribution >= 0.6 is 11.8 Å². The lowest BCUT2D eigenvalue weighted by Crippen LogP contribution is -2.31. The molecule has 0 aromatic heterocycles. The molecule has 0 spiro atoms. The average Bonchev–Trinajstić information content (AvgIpc) is 3.33. The summed E-state index contributed by atoms with van der Waals surface area (Å²) in [5, 5.41) is 8.45. The van der Waals surface area contributed by atoms with Crippen LogP contribution in [0.15, 0.2) is 0 Å². The van der Waals surface area contributed by atoms with Gasteiger partial charge in [0.05, 0.1) is 58.3 Å². The van der Waals surface area contributed by atoms with Crippen LogP contribution in [-0.2, 0) is 23.7 Å². The van der Waals surface area contributed by atoms with Gasteiger partial charge in [-0.25, -0.2) is 4.79 Å². The highest BCUT2D eigenvalue weighted by molar-refractivity contribution is 7.99. The Kier molecular flexibility index (Phi) is 17.6. The maximum Gasteiger partial charge on any atom is 0.315 e. The number of rotatable bonds is 17. The first-order valence-corrected chi connectivity index (χ1v) is 12.2. The van der Waals surface area contributed by atoms with Crippen LogP contribution in [0.5, 0.6) is 0 Å². The molecule has 0 saturated carbocycles. The zero-order valence-corrected chi connectivity index (χ0v) is 19.5. The lowest BCUT2D eigenvalue weighted by atomic mass is 10.2. The summed E-state index contributed by atoms with van der Waals surface area (Å²) in [4.78, 5) is 21.9. The van der Waals surface area contributed by atoms with E-state index >= 15 is 0 Å². The third-order valence-corrected chi connectivity index (χ3v) is 5.54. The van der Waals surface area contributed by atoms with Gasteiger partial charge in [-0.05, 0) is 19.4 Å². The van der Waals surface area contributed by atoms with Crippen molar-refractivity contribution in [1.82, 2.24) is 16.0 Å². The number of nitrogens with one attached hydrogen (secondary N) is 3. The topological polar surface area (TPSA) is 133 Å². The Labute approximate surface area is 190 Å². The van der Waals surface area contributed by atoms with Crippen molar-refractivity contribution in [2.24, 2.45) is 5.73 Å². The number of hydrogen-bond donors (Lipinski definition) is 4. The van der Waals surface area contributed by atoms with Crippen molar-refractivity contribution < 1.29 is 28.5 Å². The van der Waals surface area contributed by atoms with Crippen LogP contribution in [0.25, 0.3) is 0 Å². The molecule has 2 heterocycles. The fourth-order valence-electron chi connectivity index (χ4n) is 2.74. The fourth-order valence-corrected chi connectivity index (χ4v) is 4.01. The van der Waals surface area contributed by atoms with E-state index in [1.165, 1.54) is 0 Å². The molecule has 31 heavy (non-hydrogen) atoms. The quantitative estimate of drug-likeness (QED) is 0.176. The minimum atomic E-state index is 0.00491. The number of ether oxygens (including phenoxy) is 4. The Morgan fingerprint density at radius 1 is 0.968 bits per heavy atom. The van der Waals surface area contributed by atoms with Crippen molar-refractivity contribution in [3.63, 3.8) is 0 Å². The SMILES string of the molecule is CCCOCCOCCOCCOCCNC(=O)CCCN.O=C1NC2CSCC2N1. The minimum Gasteiger partial charge on any atom is -0.379 e. The molecule has 2 rings (SSSR count). The lowest BCUT2D eigenvalue weighted by molar-refractivity contribution is -0.121. The van der Waals surface area contributed by atoms with Crippen LogP contribution in [0.1, 0.15) is 26.2 Å². The predicted molar refractivity (Wildman–Crippen MR) is 121 cm³/mol. The second-order valence-electron chi connectivity index (χ2n) is 7.06. The van der Waals surface area contributed by atoms with Crippen LogP contribution in [0, 0.1) is 0 Å². The number of thioether (sulfide) groups is 1. The zero-order chi connectivity index (χ0) is 22.6. The third-order valence-electron chi connectivity index (χ3n) is 4.35. The van der Waals surface area contributed by atoms with Crippen LogP contribution in [-0.4, -0.2) is 101 Å². The van der Waals surface area contributed by atoms with Gasteiger partial charge >= 0.3 is 6.03 Å². The highest BCUT2D eigenvalue weighted by atomic mass is 32.2. The van der Waals surface area contributed by atoms with E-state index in [9.17, 15) is 9.59 Å². The van der Waals surface area contributed by atoms with E-state index in [0.29, 0.717) is 84.3 Å². The van der Waals surface area contributed by atoms with Gasteiger partial charge in [0.2, 0.25) is 5.91 Å². The van der Waals surface area contributed by atoms with Crippen molar-refractivity contribution in [3.8, 4) is 0 Å². The van der Waals surface area contributed by atoms with Crippen LogP contribution in [0.2, 0.25) is 0 Å². The van der Waals surface area contributed by atoms with Gasteiger partial charge in [-0.3, -0.25) is 4.79 Å². The highest BCUT2D eigenvalue weighted by Gasteiger charge is 2.35. The molecule has 0 radical (unpaired) electrons. The summed E-state index contributed by atoms with van der Waals surface area (Å²) in [6, 6.07) is 0.815. The third kappa shape index (κ3) is 15.4. The molecular formula is C20H40N4O6S. The summed E-state index contributed by atoms with van der Waals surface area (Å²) in [6.07, 6.45) is 2.22. The Hall–Kier alpha value is -1.11. The molecule has 2 fully saturated rings. The molecule has 5 N–H and O–H groups in total. The van der Waals surface area contributed by atoms with E-state index in [0.717, 1.165) is 24.5 Å². The van der Waals surface area contributed by atoms with Crippen LogP contribution < -0.4 is 21.7 Å². The van der Waals surface area contributed by atoms with E-state index in [1.807, 2.05) is 11.8 Å². The van der Waals surface area contributed by atoms with Gasteiger partial charge in [0.1, 0.15) is 0 Å². The Balaban J connectivity index is 0.000000432. The number of amides is 3. The molecule has 2 saturated heterocycles. The summed E-state index contributed by atoms with van der Waals surface area (Å²) >= 11 is 1.89. The standard InChI is InChI=1S/C15H32N2O5.C5H8N2OS/c1-2-7-19-9-11-21-13-14-22-12-10-20-8-6-17-15(18)4-3-5-16;8-5-6-3-1-9-2-4(3)7-5/h2-14,16H2,1H3,(H,17,18);3-4H,1-2H2,(H2,6,7,8). The summed E-state index contributed by atoms with van der Waals surface area (Å²) in [5.41, 5.74) is 5.32. The first-order chi connectivity index (χ1) is 15.2. The number of nitrogens with two attached hydrogens (primary N) is 1. The largest absolute Gasteiger partial charge is 0.379 e.